The van der Waals surface area contributed by atoms with E-state index in [0.29, 0.717) is 0 Å². The topological polar surface area (TPSA) is 54.3 Å². The highest BCUT2D eigenvalue weighted by Gasteiger charge is 2.09. The van der Waals surface area contributed by atoms with Crippen LogP contribution in [0.3, 0.4) is 0 Å². The van der Waals surface area contributed by atoms with E-state index in [9.17, 15) is 4.79 Å². The molecule has 0 unspecified atom stereocenters. The van der Waals surface area contributed by atoms with E-state index in [2.05, 4.69) is 33.2 Å². The SMILES string of the molecule is C[C@@H](NCC(=O)Nc1cccc(I)c1)c1ccco1. The fourth-order valence-electron chi connectivity index (χ4n) is 1.66. The van der Waals surface area contributed by atoms with Gasteiger partial charge in [0.05, 0.1) is 18.8 Å². The van der Waals surface area contributed by atoms with Gasteiger partial charge in [-0.25, -0.2) is 0 Å². The maximum absolute atomic E-state index is 11.8. The van der Waals surface area contributed by atoms with Crippen molar-refractivity contribution in [3.05, 3.63) is 52.0 Å². The standard InChI is InChI=1S/C14H15IN2O2/c1-10(13-6-3-7-19-13)16-9-14(18)17-12-5-2-4-11(15)8-12/h2-8,10,16H,9H2,1H3,(H,17,18)/t10-/m1/s1. The molecule has 1 heterocycles. The largest absolute Gasteiger partial charge is 0.468 e. The molecule has 0 radical (unpaired) electrons. The van der Waals surface area contributed by atoms with Gasteiger partial charge in [-0.1, -0.05) is 6.07 Å². The van der Waals surface area contributed by atoms with Gasteiger partial charge in [0.15, 0.2) is 0 Å². The lowest BCUT2D eigenvalue weighted by Gasteiger charge is -2.11. The normalized spacial score (nSPS) is 12.1. The summed E-state index contributed by atoms with van der Waals surface area (Å²) in [6, 6.07) is 11.4. The van der Waals surface area contributed by atoms with E-state index in [1.54, 1.807) is 6.26 Å². The third-order valence-electron chi connectivity index (χ3n) is 2.65. The van der Waals surface area contributed by atoms with Crippen LogP contribution in [0.1, 0.15) is 18.7 Å². The van der Waals surface area contributed by atoms with Crippen molar-refractivity contribution in [3.8, 4) is 0 Å². The molecule has 2 N–H and O–H groups in total. The van der Waals surface area contributed by atoms with E-state index in [1.165, 1.54) is 0 Å². The zero-order chi connectivity index (χ0) is 13.7. The van der Waals surface area contributed by atoms with Gasteiger partial charge in [0.25, 0.3) is 0 Å². The van der Waals surface area contributed by atoms with Crippen LogP contribution in [0.4, 0.5) is 5.69 Å². The average Bonchev–Trinajstić information content (AvgIpc) is 2.90. The number of anilines is 1. The summed E-state index contributed by atoms with van der Waals surface area (Å²) in [7, 11) is 0. The lowest BCUT2D eigenvalue weighted by Crippen LogP contribution is -2.29. The second-order valence-electron chi connectivity index (χ2n) is 4.18. The van der Waals surface area contributed by atoms with E-state index in [1.807, 2.05) is 43.3 Å². The van der Waals surface area contributed by atoms with Crippen molar-refractivity contribution in [3.63, 3.8) is 0 Å². The van der Waals surface area contributed by atoms with Crippen LogP contribution in [-0.2, 0) is 4.79 Å². The van der Waals surface area contributed by atoms with Crippen LogP contribution in [-0.4, -0.2) is 12.5 Å². The summed E-state index contributed by atoms with van der Waals surface area (Å²) < 4.78 is 6.36. The van der Waals surface area contributed by atoms with E-state index < -0.39 is 0 Å². The molecule has 1 amide bonds. The Morgan fingerprint density at radius 2 is 2.21 bits per heavy atom. The maximum Gasteiger partial charge on any atom is 0.238 e. The Hall–Kier alpha value is -1.34. The Morgan fingerprint density at radius 1 is 1.37 bits per heavy atom. The van der Waals surface area contributed by atoms with Gasteiger partial charge in [-0.2, -0.15) is 0 Å². The van der Waals surface area contributed by atoms with Crippen molar-refractivity contribution in [1.82, 2.24) is 5.32 Å². The predicted octanol–water partition coefficient (Wildman–Crippen LogP) is 3.17. The molecule has 2 rings (SSSR count). The van der Waals surface area contributed by atoms with E-state index in [4.69, 9.17) is 4.42 Å². The minimum Gasteiger partial charge on any atom is -0.468 e. The smallest absolute Gasteiger partial charge is 0.238 e. The molecule has 1 aromatic heterocycles. The van der Waals surface area contributed by atoms with Crippen LogP contribution in [0, 0.1) is 3.57 Å². The third kappa shape index (κ3) is 4.36. The van der Waals surface area contributed by atoms with Crippen LogP contribution in [0.15, 0.2) is 47.1 Å². The number of furan rings is 1. The Morgan fingerprint density at radius 3 is 2.89 bits per heavy atom. The summed E-state index contributed by atoms with van der Waals surface area (Å²) in [4.78, 5) is 11.8. The van der Waals surface area contributed by atoms with Gasteiger partial charge in [-0.3, -0.25) is 10.1 Å². The van der Waals surface area contributed by atoms with Gasteiger partial charge in [0, 0.05) is 9.26 Å². The van der Waals surface area contributed by atoms with Crippen molar-refractivity contribution in [1.29, 1.82) is 0 Å². The van der Waals surface area contributed by atoms with Gasteiger partial charge >= 0.3 is 0 Å². The molecule has 0 aliphatic carbocycles. The molecule has 0 fully saturated rings. The number of benzene rings is 1. The van der Waals surface area contributed by atoms with Crippen molar-refractivity contribution >= 4 is 34.2 Å². The zero-order valence-corrected chi connectivity index (χ0v) is 12.7. The maximum atomic E-state index is 11.8. The number of halogens is 1. The molecule has 100 valence electrons. The van der Waals surface area contributed by atoms with Crippen LogP contribution >= 0.6 is 22.6 Å². The third-order valence-corrected chi connectivity index (χ3v) is 3.32. The van der Waals surface area contributed by atoms with Gasteiger partial charge in [0.2, 0.25) is 5.91 Å². The van der Waals surface area contributed by atoms with Crippen molar-refractivity contribution in [2.75, 3.05) is 11.9 Å². The number of hydrogen-bond donors (Lipinski definition) is 2. The molecule has 19 heavy (non-hydrogen) atoms. The second-order valence-corrected chi connectivity index (χ2v) is 5.42. The molecule has 0 saturated carbocycles. The minimum atomic E-state index is -0.0691. The van der Waals surface area contributed by atoms with Crippen LogP contribution in [0.2, 0.25) is 0 Å². The lowest BCUT2D eigenvalue weighted by molar-refractivity contribution is -0.115. The Bertz CT molecular complexity index is 540. The first-order chi connectivity index (χ1) is 9.15. The highest BCUT2D eigenvalue weighted by atomic mass is 127. The average molecular weight is 370 g/mol. The minimum absolute atomic E-state index is 0.0108. The van der Waals surface area contributed by atoms with Gasteiger partial charge in [-0.05, 0) is 59.8 Å². The summed E-state index contributed by atoms with van der Waals surface area (Å²) in [5.74, 6) is 0.752. The number of carbonyl (C=O) groups is 1. The van der Waals surface area contributed by atoms with Crippen molar-refractivity contribution < 1.29 is 9.21 Å². The van der Waals surface area contributed by atoms with E-state index in [-0.39, 0.29) is 18.5 Å². The molecule has 4 nitrogen and oxygen atoms in total. The summed E-state index contributed by atoms with van der Waals surface area (Å²) in [5, 5.41) is 5.96. The quantitative estimate of drug-likeness (QED) is 0.795. The first-order valence-corrected chi connectivity index (χ1v) is 7.05. The number of rotatable bonds is 5. The monoisotopic (exact) mass is 370 g/mol. The van der Waals surface area contributed by atoms with Gasteiger partial charge in [0.1, 0.15) is 5.76 Å². The molecular formula is C14H15IN2O2. The molecular weight excluding hydrogens is 355 g/mol. The second kappa shape index (κ2) is 6.72. The van der Waals surface area contributed by atoms with E-state index in [0.717, 1.165) is 15.0 Å². The van der Waals surface area contributed by atoms with Crippen LogP contribution < -0.4 is 10.6 Å². The van der Waals surface area contributed by atoms with Gasteiger partial charge < -0.3 is 9.73 Å². The lowest BCUT2D eigenvalue weighted by atomic mass is 10.2. The zero-order valence-electron chi connectivity index (χ0n) is 10.5. The molecule has 0 spiro atoms. The highest BCUT2D eigenvalue weighted by molar-refractivity contribution is 14.1. The molecule has 0 bridgehead atoms. The summed E-state index contributed by atoms with van der Waals surface area (Å²) >= 11 is 2.21. The van der Waals surface area contributed by atoms with E-state index >= 15 is 0 Å². The molecule has 1 aromatic carbocycles. The fourth-order valence-corrected chi connectivity index (χ4v) is 2.20. The molecule has 5 heteroatoms. The summed E-state index contributed by atoms with van der Waals surface area (Å²) in [6.45, 7) is 2.20. The molecule has 2 aromatic rings. The first kappa shape index (κ1) is 14.1. The summed E-state index contributed by atoms with van der Waals surface area (Å²) in [5.41, 5.74) is 0.810. The molecule has 1 atom stereocenters. The van der Waals surface area contributed by atoms with Crippen molar-refractivity contribution in [2.45, 2.75) is 13.0 Å². The Labute approximate surface area is 125 Å². The fraction of sp³-hybridized carbons (Fsp3) is 0.214. The summed E-state index contributed by atoms with van der Waals surface area (Å²) in [6.07, 6.45) is 1.62. The first-order valence-electron chi connectivity index (χ1n) is 5.97. The molecule has 0 aliphatic rings. The number of carbonyl (C=O) groups excluding carboxylic acids is 1. The molecule has 0 saturated heterocycles. The number of amides is 1. The Balaban J connectivity index is 1.82. The van der Waals surface area contributed by atoms with Gasteiger partial charge in [-0.15, -0.1) is 0 Å². The number of hydrogen-bond acceptors (Lipinski definition) is 3. The van der Waals surface area contributed by atoms with Crippen LogP contribution in [0.5, 0.6) is 0 Å². The number of nitrogens with one attached hydrogen (secondary N) is 2. The predicted molar refractivity (Wildman–Crippen MR) is 82.9 cm³/mol. The van der Waals surface area contributed by atoms with Crippen molar-refractivity contribution in [2.24, 2.45) is 0 Å². The Kier molecular flexibility index (Phi) is 4.98. The van der Waals surface area contributed by atoms with Crippen LogP contribution in [0.25, 0.3) is 0 Å². The highest BCUT2D eigenvalue weighted by Crippen LogP contribution is 2.13. The molecule has 0 aliphatic heterocycles.